The van der Waals surface area contributed by atoms with Gasteiger partial charge in [-0.1, -0.05) is 20.3 Å². The van der Waals surface area contributed by atoms with Crippen molar-refractivity contribution in [3.63, 3.8) is 0 Å². The van der Waals surface area contributed by atoms with Crippen molar-refractivity contribution in [2.75, 3.05) is 6.54 Å². The van der Waals surface area contributed by atoms with E-state index in [1.165, 1.54) is 6.42 Å². The number of nitrogens with one attached hydrogen (secondary N) is 1. The van der Waals surface area contributed by atoms with Crippen LogP contribution in [-0.4, -0.2) is 17.8 Å². The summed E-state index contributed by atoms with van der Waals surface area (Å²) in [5.41, 5.74) is 0. The van der Waals surface area contributed by atoms with Gasteiger partial charge in [-0.25, -0.2) is 0 Å². The average molecular weight is 218 g/mol. The van der Waals surface area contributed by atoms with Gasteiger partial charge in [-0.15, -0.1) is 11.6 Å². The van der Waals surface area contributed by atoms with Gasteiger partial charge in [-0.3, -0.25) is 4.79 Å². The van der Waals surface area contributed by atoms with Crippen LogP contribution in [0.4, 0.5) is 0 Å². The topological polar surface area (TPSA) is 29.1 Å². The molecule has 0 saturated heterocycles. The van der Waals surface area contributed by atoms with Crippen LogP contribution in [0.2, 0.25) is 0 Å². The Hall–Kier alpha value is -0.240. The maximum absolute atomic E-state index is 11.5. The molecule has 3 unspecified atom stereocenters. The van der Waals surface area contributed by atoms with Crippen molar-refractivity contribution in [2.24, 2.45) is 11.8 Å². The van der Waals surface area contributed by atoms with Crippen LogP contribution < -0.4 is 5.32 Å². The highest BCUT2D eigenvalue weighted by molar-refractivity contribution is 6.20. The molecule has 0 heterocycles. The van der Waals surface area contributed by atoms with E-state index >= 15 is 0 Å². The lowest BCUT2D eigenvalue weighted by Crippen LogP contribution is -2.34. The molecule has 1 aliphatic carbocycles. The molecule has 0 spiro atoms. The van der Waals surface area contributed by atoms with Gasteiger partial charge in [0.25, 0.3) is 0 Å². The lowest BCUT2D eigenvalue weighted by atomic mass is 10.1. The molecule has 82 valence electrons. The first-order valence-electron chi connectivity index (χ1n) is 5.57. The third-order valence-corrected chi connectivity index (χ3v) is 3.74. The summed E-state index contributed by atoms with van der Waals surface area (Å²) in [5.74, 6) is 0.790. The van der Waals surface area contributed by atoms with Crippen molar-refractivity contribution in [1.29, 1.82) is 0 Å². The minimum Gasteiger partial charge on any atom is -0.356 e. The van der Waals surface area contributed by atoms with Gasteiger partial charge in [0.05, 0.1) is 0 Å². The highest BCUT2D eigenvalue weighted by Gasteiger charge is 2.25. The van der Waals surface area contributed by atoms with Gasteiger partial charge in [0.1, 0.15) is 0 Å². The summed E-state index contributed by atoms with van der Waals surface area (Å²) in [5, 5.41) is 3.25. The van der Waals surface area contributed by atoms with Crippen molar-refractivity contribution < 1.29 is 4.79 Å². The Kier molecular flexibility index (Phi) is 4.73. The molecule has 14 heavy (non-hydrogen) atoms. The van der Waals surface area contributed by atoms with Gasteiger partial charge in [0.2, 0.25) is 5.91 Å². The number of carbonyl (C=O) groups is 1. The SMILES string of the molecule is CCC(C)C(=O)NCC1CCCC1Cl. The van der Waals surface area contributed by atoms with Crippen LogP contribution in [-0.2, 0) is 4.79 Å². The number of alkyl halides is 1. The second-order valence-electron chi connectivity index (χ2n) is 4.26. The largest absolute Gasteiger partial charge is 0.356 e. The van der Waals surface area contributed by atoms with Crippen LogP contribution in [0.25, 0.3) is 0 Å². The smallest absolute Gasteiger partial charge is 0.222 e. The fraction of sp³-hybridized carbons (Fsp3) is 0.909. The number of amides is 1. The van der Waals surface area contributed by atoms with Gasteiger partial charge >= 0.3 is 0 Å². The van der Waals surface area contributed by atoms with Crippen LogP contribution in [0.1, 0.15) is 39.5 Å². The molecule has 0 bridgehead atoms. The van der Waals surface area contributed by atoms with Crippen LogP contribution in [0, 0.1) is 11.8 Å². The van der Waals surface area contributed by atoms with E-state index < -0.39 is 0 Å². The van der Waals surface area contributed by atoms with E-state index in [-0.39, 0.29) is 17.2 Å². The molecular weight excluding hydrogens is 198 g/mol. The first-order valence-corrected chi connectivity index (χ1v) is 6.00. The number of hydrogen-bond acceptors (Lipinski definition) is 1. The number of hydrogen-bond donors (Lipinski definition) is 1. The summed E-state index contributed by atoms with van der Waals surface area (Å²) in [6, 6.07) is 0. The number of carbonyl (C=O) groups excluding carboxylic acids is 1. The third-order valence-electron chi connectivity index (χ3n) is 3.16. The molecular formula is C11H20ClNO. The minimum absolute atomic E-state index is 0.130. The molecule has 1 amide bonds. The normalized spacial score (nSPS) is 28.8. The third kappa shape index (κ3) is 3.16. The predicted octanol–water partition coefficient (Wildman–Crippen LogP) is 2.56. The quantitative estimate of drug-likeness (QED) is 0.721. The van der Waals surface area contributed by atoms with Crippen molar-refractivity contribution in [3.8, 4) is 0 Å². The molecule has 0 aromatic carbocycles. The van der Waals surface area contributed by atoms with Crippen molar-refractivity contribution in [2.45, 2.75) is 44.9 Å². The number of halogens is 1. The second-order valence-corrected chi connectivity index (χ2v) is 4.82. The Balaban J connectivity index is 2.22. The van der Waals surface area contributed by atoms with Gasteiger partial charge in [-0.2, -0.15) is 0 Å². The van der Waals surface area contributed by atoms with E-state index in [2.05, 4.69) is 5.32 Å². The summed E-state index contributed by atoms with van der Waals surface area (Å²) in [6.45, 7) is 4.75. The molecule has 0 aromatic rings. The second kappa shape index (κ2) is 5.59. The highest BCUT2D eigenvalue weighted by atomic mass is 35.5. The Morgan fingerprint density at radius 3 is 2.79 bits per heavy atom. The summed E-state index contributed by atoms with van der Waals surface area (Å²) in [6.07, 6.45) is 4.37. The summed E-state index contributed by atoms with van der Waals surface area (Å²) in [7, 11) is 0. The van der Waals surface area contributed by atoms with Gasteiger partial charge < -0.3 is 5.32 Å². The molecule has 1 fully saturated rings. The molecule has 3 heteroatoms. The molecule has 1 N–H and O–H groups in total. The fourth-order valence-electron chi connectivity index (χ4n) is 1.81. The van der Waals surface area contributed by atoms with Crippen molar-refractivity contribution >= 4 is 17.5 Å². The number of rotatable bonds is 4. The van der Waals surface area contributed by atoms with Crippen LogP contribution >= 0.6 is 11.6 Å². The first kappa shape index (κ1) is 11.8. The zero-order valence-electron chi connectivity index (χ0n) is 9.05. The van der Waals surface area contributed by atoms with E-state index in [1.54, 1.807) is 0 Å². The van der Waals surface area contributed by atoms with Crippen LogP contribution in [0.3, 0.4) is 0 Å². The monoisotopic (exact) mass is 217 g/mol. The maximum atomic E-state index is 11.5. The molecule has 3 atom stereocenters. The van der Waals surface area contributed by atoms with Crippen LogP contribution in [0.15, 0.2) is 0 Å². The van der Waals surface area contributed by atoms with E-state index in [0.717, 1.165) is 25.8 Å². The summed E-state index contributed by atoms with van der Waals surface area (Å²) in [4.78, 5) is 11.5. The average Bonchev–Trinajstić information content (AvgIpc) is 2.59. The molecule has 2 nitrogen and oxygen atoms in total. The van der Waals surface area contributed by atoms with E-state index in [1.807, 2.05) is 13.8 Å². The van der Waals surface area contributed by atoms with Gasteiger partial charge in [0.15, 0.2) is 0 Å². The first-order chi connectivity index (χ1) is 6.65. The van der Waals surface area contributed by atoms with E-state index in [0.29, 0.717) is 5.92 Å². The molecule has 0 radical (unpaired) electrons. The molecule has 1 rings (SSSR count). The van der Waals surface area contributed by atoms with E-state index in [9.17, 15) is 4.79 Å². The Morgan fingerprint density at radius 2 is 2.29 bits per heavy atom. The van der Waals surface area contributed by atoms with Crippen LogP contribution in [0.5, 0.6) is 0 Å². The predicted molar refractivity (Wildman–Crippen MR) is 59.4 cm³/mol. The molecule has 0 aromatic heterocycles. The standard InChI is InChI=1S/C11H20ClNO/c1-3-8(2)11(14)13-7-9-5-4-6-10(9)12/h8-10H,3-7H2,1-2H3,(H,13,14). The molecule has 1 saturated carbocycles. The Labute approximate surface area is 91.4 Å². The maximum Gasteiger partial charge on any atom is 0.222 e. The van der Waals surface area contributed by atoms with Crippen molar-refractivity contribution in [1.82, 2.24) is 5.32 Å². The molecule has 0 aliphatic heterocycles. The van der Waals surface area contributed by atoms with Crippen molar-refractivity contribution in [3.05, 3.63) is 0 Å². The van der Waals surface area contributed by atoms with E-state index in [4.69, 9.17) is 11.6 Å². The highest BCUT2D eigenvalue weighted by Crippen LogP contribution is 2.29. The Morgan fingerprint density at radius 1 is 1.57 bits per heavy atom. The minimum atomic E-state index is 0.130. The molecule has 1 aliphatic rings. The zero-order chi connectivity index (χ0) is 10.6. The van der Waals surface area contributed by atoms with Gasteiger partial charge in [0, 0.05) is 17.8 Å². The zero-order valence-corrected chi connectivity index (χ0v) is 9.81. The summed E-state index contributed by atoms with van der Waals surface area (Å²) < 4.78 is 0. The lowest BCUT2D eigenvalue weighted by Gasteiger charge is -2.16. The Bertz CT molecular complexity index is 196. The van der Waals surface area contributed by atoms with Gasteiger partial charge in [-0.05, 0) is 25.2 Å². The lowest BCUT2D eigenvalue weighted by molar-refractivity contribution is -0.124. The fourth-order valence-corrected chi connectivity index (χ4v) is 2.18. The summed E-state index contributed by atoms with van der Waals surface area (Å²) >= 11 is 6.12.